The van der Waals surface area contributed by atoms with E-state index in [1.54, 1.807) is 0 Å². The van der Waals surface area contributed by atoms with E-state index in [2.05, 4.69) is 10.1 Å². The van der Waals surface area contributed by atoms with E-state index in [9.17, 15) is 10.1 Å². The Balaban J connectivity index is 1.83. The van der Waals surface area contributed by atoms with Crippen LogP contribution in [0.25, 0.3) is 0 Å². The van der Waals surface area contributed by atoms with Crippen LogP contribution in [0.2, 0.25) is 0 Å². The fourth-order valence-corrected chi connectivity index (χ4v) is 1.96. The highest BCUT2D eigenvalue weighted by Gasteiger charge is 2.17. The van der Waals surface area contributed by atoms with Crippen molar-refractivity contribution < 1.29 is 9.66 Å². The molecule has 0 aromatic carbocycles. The molecule has 1 aromatic rings. The molecule has 0 aliphatic carbocycles. The van der Waals surface area contributed by atoms with Gasteiger partial charge in [-0.25, -0.2) is 0 Å². The third-order valence-electron chi connectivity index (χ3n) is 3.00. The largest absolute Gasteiger partial charge is 0.375 e. The smallest absolute Gasteiger partial charge is 0.306 e. The van der Waals surface area contributed by atoms with Crippen molar-refractivity contribution in [1.82, 2.24) is 14.7 Å². The number of morpholine rings is 1. The van der Waals surface area contributed by atoms with Gasteiger partial charge in [0.05, 0.1) is 30.7 Å². The summed E-state index contributed by atoms with van der Waals surface area (Å²) in [5.41, 5.74) is 5.89. The summed E-state index contributed by atoms with van der Waals surface area (Å²) in [5.74, 6) is 0.474. The quantitative estimate of drug-likeness (QED) is 0.355. The number of guanidine groups is 1. The predicted octanol–water partition coefficient (Wildman–Crippen LogP) is -0.173. The lowest BCUT2D eigenvalue weighted by atomic mass is 10.3. The van der Waals surface area contributed by atoms with Gasteiger partial charge >= 0.3 is 5.69 Å². The molecule has 20 heavy (non-hydrogen) atoms. The number of nitrogens with two attached hydrogens (primary N) is 1. The molecule has 2 rings (SSSR count). The molecule has 2 N–H and O–H groups in total. The van der Waals surface area contributed by atoms with Crippen molar-refractivity contribution in [3.8, 4) is 0 Å². The fraction of sp³-hybridized carbons (Fsp3) is 0.636. The molecule has 1 saturated heterocycles. The van der Waals surface area contributed by atoms with Gasteiger partial charge in [-0.15, -0.1) is 0 Å². The SMILES string of the molecule is CC1CN(C(N)=NCCn2cc([N+](=O)[O-])cn2)CCO1. The molecule has 1 unspecified atom stereocenters. The third kappa shape index (κ3) is 3.67. The van der Waals surface area contributed by atoms with Crippen LogP contribution in [0.3, 0.4) is 0 Å². The molecule has 9 heteroatoms. The van der Waals surface area contributed by atoms with Gasteiger partial charge in [-0.2, -0.15) is 5.10 Å². The summed E-state index contributed by atoms with van der Waals surface area (Å²) in [4.78, 5) is 16.3. The number of hydrogen-bond acceptors (Lipinski definition) is 5. The molecular weight excluding hydrogens is 264 g/mol. The number of nitrogens with zero attached hydrogens (tertiary/aromatic N) is 5. The highest BCUT2D eigenvalue weighted by molar-refractivity contribution is 5.78. The van der Waals surface area contributed by atoms with E-state index >= 15 is 0 Å². The molecule has 1 fully saturated rings. The zero-order chi connectivity index (χ0) is 14.5. The van der Waals surface area contributed by atoms with Gasteiger partial charge in [-0.05, 0) is 6.92 Å². The first-order valence-electron chi connectivity index (χ1n) is 6.39. The second-order valence-electron chi connectivity index (χ2n) is 4.59. The first kappa shape index (κ1) is 14.3. The van der Waals surface area contributed by atoms with Gasteiger partial charge in [0, 0.05) is 13.1 Å². The number of hydrogen-bond donors (Lipinski definition) is 1. The average molecular weight is 282 g/mol. The Morgan fingerprint density at radius 2 is 2.55 bits per heavy atom. The second kappa shape index (κ2) is 6.33. The maximum Gasteiger partial charge on any atom is 0.306 e. The molecule has 1 aliphatic rings. The Morgan fingerprint density at radius 1 is 1.75 bits per heavy atom. The second-order valence-corrected chi connectivity index (χ2v) is 4.59. The van der Waals surface area contributed by atoms with Crippen molar-refractivity contribution in [2.75, 3.05) is 26.2 Å². The predicted molar refractivity (Wildman–Crippen MR) is 72.4 cm³/mol. The lowest BCUT2D eigenvalue weighted by Crippen LogP contribution is -2.48. The summed E-state index contributed by atoms with van der Waals surface area (Å²) in [6, 6.07) is 0. The Hall–Kier alpha value is -2.16. The van der Waals surface area contributed by atoms with Crippen LogP contribution < -0.4 is 5.73 Å². The van der Waals surface area contributed by atoms with Crippen LogP contribution >= 0.6 is 0 Å². The Morgan fingerprint density at radius 3 is 3.20 bits per heavy atom. The van der Waals surface area contributed by atoms with E-state index in [0.717, 1.165) is 13.1 Å². The van der Waals surface area contributed by atoms with Gasteiger partial charge in [-0.3, -0.25) is 19.8 Å². The maximum absolute atomic E-state index is 10.5. The Bertz CT molecular complexity index is 500. The van der Waals surface area contributed by atoms with Crippen LogP contribution in [0.4, 0.5) is 5.69 Å². The van der Waals surface area contributed by atoms with E-state index in [4.69, 9.17) is 10.5 Å². The van der Waals surface area contributed by atoms with E-state index < -0.39 is 4.92 Å². The molecule has 1 atom stereocenters. The molecule has 110 valence electrons. The van der Waals surface area contributed by atoms with Crippen molar-refractivity contribution in [1.29, 1.82) is 0 Å². The molecule has 0 radical (unpaired) electrons. The van der Waals surface area contributed by atoms with Gasteiger partial charge < -0.3 is 15.4 Å². The van der Waals surface area contributed by atoms with Gasteiger partial charge in [0.25, 0.3) is 0 Å². The van der Waals surface area contributed by atoms with E-state index in [1.165, 1.54) is 17.1 Å². The van der Waals surface area contributed by atoms with Crippen molar-refractivity contribution in [3.05, 3.63) is 22.5 Å². The number of nitro groups is 1. The monoisotopic (exact) mass is 282 g/mol. The van der Waals surface area contributed by atoms with E-state index in [0.29, 0.717) is 25.7 Å². The minimum absolute atomic E-state index is 0.0241. The van der Waals surface area contributed by atoms with Crippen LogP contribution in [0.15, 0.2) is 17.4 Å². The van der Waals surface area contributed by atoms with Crippen molar-refractivity contribution in [2.24, 2.45) is 10.7 Å². The minimum Gasteiger partial charge on any atom is -0.375 e. The van der Waals surface area contributed by atoms with E-state index in [1.807, 2.05) is 11.8 Å². The van der Waals surface area contributed by atoms with Crippen molar-refractivity contribution in [2.45, 2.75) is 19.6 Å². The van der Waals surface area contributed by atoms with Crippen LogP contribution in [0.1, 0.15) is 6.92 Å². The zero-order valence-corrected chi connectivity index (χ0v) is 11.3. The lowest BCUT2D eigenvalue weighted by Gasteiger charge is -2.31. The van der Waals surface area contributed by atoms with Crippen LogP contribution in [-0.2, 0) is 11.3 Å². The lowest BCUT2D eigenvalue weighted by molar-refractivity contribution is -0.385. The molecule has 1 aromatic heterocycles. The number of aliphatic imine (C=N–C) groups is 1. The third-order valence-corrected chi connectivity index (χ3v) is 3.00. The first-order valence-corrected chi connectivity index (χ1v) is 6.39. The summed E-state index contributed by atoms with van der Waals surface area (Å²) in [7, 11) is 0. The molecular formula is C11H18N6O3. The molecule has 0 saturated carbocycles. The summed E-state index contributed by atoms with van der Waals surface area (Å²) in [6.07, 6.45) is 2.74. The van der Waals surface area contributed by atoms with Gasteiger partial charge in [0.15, 0.2) is 5.96 Å². The van der Waals surface area contributed by atoms with Crippen molar-refractivity contribution >= 4 is 11.6 Å². The average Bonchev–Trinajstić information content (AvgIpc) is 2.87. The topological polar surface area (TPSA) is 112 Å². The van der Waals surface area contributed by atoms with Gasteiger partial charge in [-0.1, -0.05) is 0 Å². The highest BCUT2D eigenvalue weighted by Crippen LogP contribution is 2.07. The molecule has 9 nitrogen and oxygen atoms in total. The summed E-state index contributed by atoms with van der Waals surface area (Å²) in [6.45, 7) is 4.96. The molecule has 2 heterocycles. The summed E-state index contributed by atoms with van der Waals surface area (Å²) >= 11 is 0. The maximum atomic E-state index is 10.5. The van der Waals surface area contributed by atoms with Crippen LogP contribution in [-0.4, -0.2) is 57.9 Å². The Labute approximate surface area is 116 Å². The zero-order valence-electron chi connectivity index (χ0n) is 11.3. The minimum atomic E-state index is -0.476. The fourth-order valence-electron chi connectivity index (χ4n) is 1.96. The number of aromatic nitrogens is 2. The molecule has 0 bridgehead atoms. The van der Waals surface area contributed by atoms with Gasteiger partial charge in [0.1, 0.15) is 12.4 Å². The molecule has 0 amide bonds. The van der Waals surface area contributed by atoms with E-state index in [-0.39, 0.29) is 11.8 Å². The highest BCUT2D eigenvalue weighted by atomic mass is 16.6. The Kier molecular flexibility index (Phi) is 4.51. The van der Waals surface area contributed by atoms with Crippen molar-refractivity contribution in [3.63, 3.8) is 0 Å². The summed E-state index contributed by atoms with van der Waals surface area (Å²) < 4.78 is 6.91. The first-order chi connectivity index (χ1) is 9.56. The summed E-state index contributed by atoms with van der Waals surface area (Å²) in [5, 5.41) is 14.4. The number of rotatable bonds is 4. The standard InChI is InChI=1S/C11H18N6O3/c1-9-7-15(4-5-20-9)11(12)13-2-3-16-8-10(6-14-16)17(18)19/h6,8-9H,2-5,7H2,1H3,(H2,12,13). The van der Waals surface area contributed by atoms with Crippen LogP contribution in [0.5, 0.6) is 0 Å². The molecule has 0 spiro atoms. The van der Waals surface area contributed by atoms with Gasteiger partial charge in [0.2, 0.25) is 0 Å². The normalized spacial score (nSPS) is 20.1. The van der Waals surface area contributed by atoms with Crippen LogP contribution in [0, 0.1) is 10.1 Å². The number of ether oxygens (including phenoxy) is 1. The molecule has 1 aliphatic heterocycles.